The van der Waals surface area contributed by atoms with Crippen molar-refractivity contribution in [1.29, 1.82) is 0 Å². The van der Waals surface area contributed by atoms with Crippen molar-refractivity contribution in [3.8, 4) is 23.0 Å². The molecule has 0 fully saturated rings. The number of ether oxygens (including phenoxy) is 1. The first kappa shape index (κ1) is 19.5. The third-order valence-corrected chi connectivity index (χ3v) is 4.87. The van der Waals surface area contributed by atoms with Crippen LogP contribution in [0.2, 0.25) is 0 Å². The Bertz CT molecular complexity index is 1200. The molecule has 1 aromatic heterocycles. The minimum atomic E-state index is -0.308. The summed E-state index contributed by atoms with van der Waals surface area (Å²) in [6.07, 6.45) is 0. The number of phenolic OH excluding ortho intramolecular Hbond substituents is 1. The Balaban J connectivity index is 1.52. The Kier molecular flexibility index (Phi) is 5.14. The van der Waals surface area contributed by atoms with E-state index in [0.29, 0.717) is 34.0 Å². The topological polar surface area (TPSA) is 84.6 Å². The zero-order valence-corrected chi connectivity index (χ0v) is 17.0. The minimum absolute atomic E-state index is 0.0176. The molecule has 0 radical (unpaired) electrons. The average molecular weight is 402 g/mol. The molecule has 3 aromatic carbocycles. The normalized spacial score (nSPS) is 10.9. The fraction of sp³-hybridized carbons (Fsp3) is 0.167. The van der Waals surface area contributed by atoms with Gasteiger partial charge in [-0.3, -0.25) is 4.79 Å². The number of rotatable bonds is 5. The molecular weight excluding hydrogens is 380 g/mol. The van der Waals surface area contributed by atoms with Crippen LogP contribution in [0.4, 0.5) is 5.69 Å². The van der Waals surface area contributed by atoms with Crippen molar-refractivity contribution in [1.82, 2.24) is 4.98 Å². The van der Waals surface area contributed by atoms with Crippen LogP contribution >= 0.6 is 0 Å². The highest BCUT2D eigenvalue weighted by molar-refractivity contribution is 5.93. The van der Waals surface area contributed by atoms with Crippen molar-refractivity contribution in [2.45, 2.75) is 20.8 Å². The molecule has 0 saturated heterocycles. The summed E-state index contributed by atoms with van der Waals surface area (Å²) >= 11 is 0. The van der Waals surface area contributed by atoms with Crippen molar-refractivity contribution in [2.24, 2.45) is 0 Å². The highest BCUT2D eigenvalue weighted by atomic mass is 16.5. The minimum Gasteiger partial charge on any atom is -0.507 e. The Morgan fingerprint density at radius 1 is 1.07 bits per heavy atom. The number of aromatic nitrogens is 1. The number of amides is 1. The van der Waals surface area contributed by atoms with Crippen LogP contribution in [0.25, 0.3) is 22.6 Å². The van der Waals surface area contributed by atoms with Gasteiger partial charge in [0.1, 0.15) is 17.0 Å². The van der Waals surface area contributed by atoms with Crippen LogP contribution in [0.15, 0.2) is 59.0 Å². The van der Waals surface area contributed by atoms with Gasteiger partial charge in [-0.05, 0) is 79.9 Å². The molecular formula is C24H22N2O4. The first-order chi connectivity index (χ1) is 14.4. The second-order valence-corrected chi connectivity index (χ2v) is 7.31. The van der Waals surface area contributed by atoms with Gasteiger partial charge >= 0.3 is 0 Å². The number of hydrogen-bond acceptors (Lipinski definition) is 5. The van der Waals surface area contributed by atoms with Crippen LogP contribution in [0.1, 0.15) is 16.7 Å². The molecule has 0 bridgehead atoms. The lowest BCUT2D eigenvalue weighted by molar-refractivity contribution is -0.118. The van der Waals surface area contributed by atoms with Gasteiger partial charge in [0.05, 0.1) is 5.56 Å². The maximum absolute atomic E-state index is 12.3. The van der Waals surface area contributed by atoms with Gasteiger partial charge in [0, 0.05) is 5.69 Å². The number of benzene rings is 3. The van der Waals surface area contributed by atoms with Gasteiger partial charge in [-0.2, -0.15) is 0 Å². The molecule has 0 atom stereocenters. The number of aromatic hydroxyl groups is 1. The largest absolute Gasteiger partial charge is 0.507 e. The fourth-order valence-electron chi connectivity index (χ4n) is 3.13. The van der Waals surface area contributed by atoms with E-state index in [-0.39, 0.29) is 18.3 Å². The lowest BCUT2D eigenvalue weighted by Crippen LogP contribution is -2.20. The predicted octanol–water partition coefficient (Wildman–Crippen LogP) is 5.14. The molecule has 0 spiro atoms. The number of carbonyl (C=O) groups is 1. The van der Waals surface area contributed by atoms with E-state index in [1.165, 1.54) is 6.07 Å². The second-order valence-electron chi connectivity index (χ2n) is 7.31. The number of nitrogens with zero attached hydrogens (tertiary/aromatic N) is 1. The van der Waals surface area contributed by atoms with Gasteiger partial charge in [-0.15, -0.1) is 0 Å². The van der Waals surface area contributed by atoms with Crippen molar-refractivity contribution >= 4 is 22.7 Å². The quantitative estimate of drug-likeness (QED) is 0.451. The lowest BCUT2D eigenvalue weighted by Gasteiger charge is -2.09. The van der Waals surface area contributed by atoms with Gasteiger partial charge in [0.25, 0.3) is 5.91 Å². The van der Waals surface area contributed by atoms with E-state index in [9.17, 15) is 9.90 Å². The maximum Gasteiger partial charge on any atom is 0.262 e. The predicted molar refractivity (Wildman–Crippen MR) is 116 cm³/mol. The van der Waals surface area contributed by atoms with Crippen LogP contribution in [-0.4, -0.2) is 22.6 Å². The van der Waals surface area contributed by atoms with Gasteiger partial charge in [-0.1, -0.05) is 12.1 Å². The van der Waals surface area contributed by atoms with E-state index in [2.05, 4.69) is 10.3 Å². The summed E-state index contributed by atoms with van der Waals surface area (Å²) in [5.74, 6) is 0.634. The van der Waals surface area contributed by atoms with Gasteiger partial charge in [0.15, 0.2) is 12.2 Å². The third-order valence-electron chi connectivity index (χ3n) is 4.87. The van der Waals surface area contributed by atoms with E-state index < -0.39 is 0 Å². The molecule has 0 saturated carbocycles. The van der Waals surface area contributed by atoms with E-state index >= 15 is 0 Å². The van der Waals surface area contributed by atoms with E-state index in [0.717, 1.165) is 16.7 Å². The molecule has 0 unspecified atom stereocenters. The van der Waals surface area contributed by atoms with Crippen LogP contribution in [0.3, 0.4) is 0 Å². The molecule has 0 aliphatic rings. The summed E-state index contributed by atoms with van der Waals surface area (Å²) in [4.78, 5) is 16.8. The molecule has 4 rings (SSSR count). The maximum atomic E-state index is 12.3. The zero-order valence-electron chi connectivity index (χ0n) is 17.0. The number of nitrogens with one attached hydrogen (secondary N) is 1. The molecule has 2 N–H and O–H groups in total. The first-order valence-corrected chi connectivity index (χ1v) is 9.59. The summed E-state index contributed by atoms with van der Waals surface area (Å²) in [5, 5.41) is 13.1. The highest BCUT2D eigenvalue weighted by Crippen LogP contribution is 2.34. The number of oxazole rings is 1. The van der Waals surface area contributed by atoms with Crippen LogP contribution < -0.4 is 10.1 Å². The van der Waals surface area contributed by atoms with Crippen LogP contribution in [-0.2, 0) is 4.79 Å². The number of hydrogen-bond donors (Lipinski definition) is 2. The summed E-state index contributed by atoms with van der Waals surface area (Å²) in [5.41, 5.74) is 5.54. The first-order valence-electron chi connectivity index (χ1n) is 9.59. The molecule has 0 aliphatic heterocycles. The molecule has 30 heavy (non-hydrogen) atoms. The fourth-order valence-corrected chi connectivity index (χ4v) is 3.13. The Hall–Kier alpha value is -3.80. The van der Waals surface area contributed by atoms with Crippen LogP contribution in [0.5, 0.6) is 11.5 Å². The summed E-state index contributed by atoms with van der Waals surface area (Å²) in [6.45, 7) is 5.85. The number of aryl methyl sites for hydroxylation is 3. The molecule has 6 nitrogen and oxygen atoms in total. The SMILES string of the molecule is Cc1cccc(OCC(=O)Nc2ccc(O)c(-c3nc4cc(C)c(C)cc4o3)c2)c1. The van der Waals surface area contributed by atoms with Gasteiger partial charge in [0.2, 0.25) is 5.89 Å². The smallest absolute Gasteiger partial charge is 0.262 e. The number of anilines is 1. The Labute approximate surface area is 174 Å². The number of phenols is 1. The van der Waals surface area contributed by atoms with Gasteiger partial charge in [-0.25, -0.2) is 4.98 Å². The van der Waals surface area contributed by atoms with E-state index in [4.69, 9.17) is 9.15 Å². The molecule has 152 valence electrons. The lowest BCUT2D eigenvalue weighted by atomic mass is 10.1. The third kappa shape index (κ3) is 4.12. The molecule has 4 aromatic rings. The van der Waals surface area contributed by atoms with E-state index in [1.807, 2.05) is 51.1 Å². The van der Waals surface area contributed by atoms with Crippen molar-refractivity contribution in [3.05, 3.63) is 71.3 Å². The monoisotopic (exact) mass is 402 g/mol. The van der Waals surface area contributed by atoms with E-state index in [1.54, 1.807) is 18.2 Å². The Morgan fingerprint density at radius 3 is 2.67 bits per heavy atom. The van der Waals surface area contributed by atoms with Gasteiger partial charge < -0.3 is 19.6 Å². The summed E-state index contributed by atoms with van der Waals surface area (Å²) in [6, 6.07) is 16.1. The number of carbonyl (C=O) groups excluding carboxylic acids is 1. The molecule has 6 heteroatoms. The molecule has 1 heterocycles. The standard InChI is InChI=1S/C24H22N2O4/c1-14-5-4-6-18(9-14)29-13-23(28)25-17-7-8-21(27)19(12-17)24-26-20-10-15(2)16(3)11-22(20)30-24/h4-12,27H,13H2,1-3H3,(H,25,28). The Morgan fingerprint density at radius 2 is 1.87 bits per heavy atom. The van der Waals surface area contributed by atoms with Crippen LogP contribution in [0, 0.1) is 20.8 Å². The summed E-state index contributed by atoms with van der Waals surface area (Å²) in [7, 11) is 0. The second kappa shape index (κ2) is 7.91. The van der Waals surface area contributed by atoms with Crippen molar-refractivity contribution in [2.75, 3.05) is 11.9 Å². The zero-order chi connectivity index (χ0) is 21.3. The summed E-state index contributed by atoms with van der Waals surface area (Å²) < 4.78 is 11.4. The number of fused-ring (bicyclic) bond motifs is 1. The van der Waals surface area contributed by atoms with Crippen molar-refractivity contribution < 1.29 is 19.1 Å². The molecule has 1 amide bonds. The van der Waals surface area contributed by atoms with Crippen molar-refractivity contribution in [3.63, 3.8) is 0 Å². The highest BCUT2D eigenvalue weighted by Gasteiger charge is 2.15. The molecule has 0 aliphatic carbocycles. The average Bonchev–Trinajstić information content (AvgIpc) is 3.10.